The van der Waals surface area contributed by atoms with Gasteiger partial charge in [0.1, 0.15) is 5.75 Å². The Hall–Kier alpha value is -1.06. The van der Waals surface area contributed by atoms with Gasteiger partial charge in [-0.25, -0.2) is 0 Å². The van der Waals surface area contributed by atoms with Crippen LogP contribution in [0.3, 0.4) is 0 Å². The summed E-state index contributed by atoms with van der Waals surface area (Å²) in [7, 11) is 0. The summed E-state index contributed by atoms with van der Waals surface area (Å²) in [6.45, 7) is 6.52. The van der Waals surface area contributed by atoms with Crippen LogP contribution in [0.25, 0.3) is 0 Å². The van der Waals surface area contributed by atoms with Crippen LogP contribution in [-0.2, 0) is 6.54 Å². The maximum absolute atomic E-state index is 9.59. The molecule has 0 spiro atoms. The predicted molar refractivity (Wildman–Crippen MR) is 65.5 cm³/mol. The van der Waals surface area contributed by atoms with E-state index in [0.717, 1.165) is 16.9 Å². The van der Waals surface area contributed by atoms with E-state index in [1.165, 1.54) is 0 Å². The maximum Gasteiger partial charge on any atom is 0.126 e. The zero-order valence-corrected chi connectivity index (χ0v) is 10.3. The third-order valence-electron chi connectivity index (χ3n) is 2.47. The van der Waals surface area contributed by atoms with Crippen molar-refractivity contribution in [2.75, 3.05) is 6.61 Å². The highest BCUT2D eigenvalue weighted by Crippen LogP contribution is 2.23. The predicted octanol–water partition coefficient (Wildman–Crippen LogP) is 1.99. The minimum atomic E-state index is -0.689. The Kier molecular flexibility index (Phi) is 4.33. The summed E-state index contributed by atoms with van der Waals surface area (Å²) in [5.74, 6) is 0.856. The van der Waals surface area contributed by atoms with Crippen LogP contribution < -0.4 is 10.5 Å². The molecule has 0 heterocycles. The lowest BCUT2D eigenvalue weighted by Gasteiger charge is -2.19. The number of para-hydroxylation sites is 1. The van der Waals surface area contributed by atoms with Crippen LogP contribution in [0, 0.1) is 6.92 Å². The van der Waals surface area contributed by atoms with Crippen LogP contribution in [0.5, 0.6) is 5.75 Å². The molecular weight excluding hydrogens is 202 g/mol. The third-order valence-corrected chi connectivity index (χ3v) is 2.47. The standard InChI is InChI=1S/C13H21NO2/c1-10-5-4-6-11(9-14)12(10)16-8-7-13(2,3)15/h4-6,15H,7-9,14H2,1-3H3. The van der Waals surface area contributed by atoms with Crippen LogP contribution in [-0.4, -0.2) is 17.3 Å². The molecule has 0 radical (unpaired) electrons. The average Bonchev–Trinajstić information content (AvgIpc) is 2.18. The zero-order chi connectivity index (χ0) is 12.2. The van der Waals surface area contributed by atoms with Gasteiger partial charge >= 0.3 is 0 Å². The van der Waals surface area contributed by atoms with Gasteiger partial charge in [-0.2, -0.15) is 0 Å². The molecule has 3 nitrogen and oxygen atoms in total. The van der Waals surface area contributed by atoms with Gasteiger partial charge in [0, 0.05) is 18.5 Å². The number of hydrogen-bond acceptors (Lipinski definition) is 3. The molecule has 0 amide bonds. The Morgan fingerprint density at radius 1 is 1.38 bits per heavy atom. The number of rotatable bonds is 5. The lowest BCUT2D eigenvalue weighted by atomic mass is 10.1. The van der Waals surface area contributed by atoms with Gasteiger partial charge in [-0.3, -0.25) is 0 Å². The van der Waals surface area contributed by atoms with Crippen molar-refractivity contribution in [3.63, 3.8) is 0 Å². The Morgan fingerprint density at radius 3 is 2.62 bits per heavy atom. The first-order valence-corrected chi connectivity index (χ1v) is 5.58. The highest BCUT2D eigenvalue weighted by Gasteiger charge is 2.13. The maximum atomic E-state index is 9.59. The molecule has 16 heavy (non-hydrogen) atoms. The van der Waals surface area contributed by atoms with Gasteiger partial charge in [-0.15, -0.1) is 0 Å². The van der Waals surface area contributed by atoms with Crippen molar-refractivity contribution in [1.29, 1.82) is 0 Å². The SMILES string of the molecule is Cc1cccc(CN)c1OCCC(C)(C)O. The molecule has 3 heteroatoms. The van der Waals surface area contributed by atoms with Gasteiger partial charge in [0.2, 0.25) is 0 Å². The van der Waals surface area contributed by atoms with E-state index in [-0.39, 0.29) is 0 Å². The number of ether oxygens (including phenoxy) is 1. The van der Waals surface area contributed by atoms with Gasteiger partial charge in [0.15, 0.2) is 0 Å². The molecule has 90 valence electrons. The van der Waals surface area contributed by atoms with Crippen LogP contribution in [0.4, 0.5) is 0 Å². The Bertz CT molecular complexity index is 342. The third kappa shape index (κ3) is 3.83. The second-order valence-electron chi connectivity index (χ2n) is 4.68. The van der Waals surface area contributed by atoms with Crippen molar-refractivity contribution in [3.8, 4) is 5.75 Å². The number of nitrogens with two attached hydrogens (primary N) is 1. The van der Waals surface area contributed by atoms with E-state index in [1.54, 1.807) is 13.8 Å². The summed E-state index contributed by atoms with van der Waals surface area (Å²) in [6.07, 6.45) is 0.603. The average molecular weight is 223 g/mol. The smallest absolute Gasteiger partial charge is 0.126 e. The Morgan fingerprint density at radius 2 is 2.06 bits per heavy atom. The van der Waals surface area contributed by atoms with Crippen LogP contribution in [0.1, 0.15) is 31.4 Å². The fourth-order valence-electron chi connectivity index (χ4n) is 1.48. The monoisotopic (exact) mass is 223 g/mol. The normalized spacial score (nSPS) is 11.6. The van der Waals surface area contributed by atoms with Crippen molar-refractivity contribution in [2.45, 2.75) is 39.3 Å². The topological polar surface area (TPSA) is 55.5 Å². The summed E-state index contributed by atoms with van der Waals surface area (Å²) in [5.41, 5.74) is 7.05. The minimum absolute atomic E-state index is 0.472. The second kappa shape index (κ2) is 5.32. The Balaban J connectivity index is 2.66. The van der Waals surface area contributed by atoms with Gasteiger partial charge in [-0.05, 0) is 26.3 Å². The van der Waals surface area contributed by atoms with E-state index >= 15 is 0 Å². The lowest BCUT2D eigenvalue weighted by molar-refractivity contribution is 0.0551. The van der Waals surface area contributed by atoms with Gasteiger partial charge in [0.05, 0.1) is 12.2 Å². The molecule has 0 saturated heterocycles. The molecule has 3 N–H and O–H groups in total. The van der Waals surface area contributed by atoms with Gasteiger partial charge < -0.3 is 15.6 Å². The molecule has 0 aliphatic rings. The number of hydrogen-bond donors (Lipinski definition) is 2. The van der Waals surface area contributed by atoms with E-state index in [4.69, 9.17) is 10.5 Å². The molecule has 0 fully saturated rings. The highest BCUT2D eigenvalue weighted by atomic mass is 16.5. The summed E-state index contributed by atoms with van der Waals surface area (Å²) in [4.78, 5) is 0. The summed E-state index contributed by atoms with van der Waals surface area (Å²) < 4.78 is 5.69. The highest BCUT2D eigenvalue weighted by molar-refractivity contribution is 5.40. The molecule has 1 aromatic rings. The molecule has 1 aromatic carbocycles. The molecule has 0 atom stereocenters. The van der Waals surface area contributed by atoms with E-state index < -0.39 is 5.60 Å². The molecule has 0 unspecified atom stereocenters. The van der Waals surface area contributed by atoms with Crippen LogP contribution in [0.2, 0.25) is 0 Å². The Labute approximate surface area is 97.2 Å². The van der Waals surface area contributed by atoms with Crippen molar-refractivity contribution in [2.24, 2.45) is 5.73 Å². The van der Waals surface area contributed by atoms with E-state index in [0.29, 0.717) is 19.6 Å². The number of aliphatic hydroxyl groups is 1. The number of aryl methyl sites for hydroxylation is 1. The van der Waals surface area contributed by atoms with Crippen LogP contribution in [0.15, 0.2) is 18.2 Å². The largest absolute Gasteiger partial charge is 0.493 e. The number of benzene rings is 1. The van der Waals surface area contributed by atoms with Crippen molar-refractivity contribution in [1.82, 2.24) is 0 Å². The fourth-order valence-corrected chi connectivity index (χ4v) is 1.48. The molecule has 0 bridgehead atoms. The lowest BCUT2D eigenvalue weighted by Crippen LogP contribution is -2.22. The van der Waals surface area contributed by atoms with E-state index in [1.807, 2.05) is 25.1 Å². The second-order valence-corrected chi connectivity index (χ2v) is 4.68. The first kappa shape index (κ1) is 13.0. The molecule has 0 aliphatic heterocycles. The van der Waals surface area contributed by atoms with Crippen molar-refractivity contribution >= 4 is 0 Å². The van der Waals surface area contributed by atoms with E-state index in [2.05, 4.69) is 0 Å². The summed E-state index contributed by atoms with van der Waals surface area (Å²) in [6, 6.07) is 5.94. The van der Waals surface area contributed by atoms with Crippen molar-refractivity contribution in [3.05, 3.63) is 29.3 Å². The first-order valence-electron chi connectivity index (χ1n) is 5.58. The summed E-state index contributed by atoms with van der Waals surface area (Å²) in [5, 5.41) is 9.59. The summed E-state index contributed by atoms with van der Waals surface area (Å²) >= 11 is 0. The minimum Gasteiger partial charge on any atom is -0.493 e. The van der Waals surface area contributed by atoms with Gasteiger partial charge in [0.25, 0.3) is 0 Å². The molecule has 0 aliphatic carbocycles. The molecule has 1 rings (SSSR count). The van der Waals surface area contributed by atoms with E-state index in [9.17, 15) is 5.11 Å². The molecule has 0 aromatic heterocycles. The molecule has 0 saturated carbocycles. The van der Waals surface area contributed by atoms with Crippen LogP contribution >= 0.6 is 0 Å². The van der Waals surface area contributed by atoms with Gasteiger partial charge in [-0.1, -0.05) is 18.2 Å². The fraction of sp³-hybridized carbons (Fsp3) is 0.538. The van der Waals surface area contributed by atoms with Crippen molar-refractivity contribution < 1.29 is 9.84 Å². The zero-order valence-electron chi connectivity index (χ0n) is 10.3. The first-order chi connectivity index (χ1) is 7.44. The molecular formula is C13H21NO2. The quantitative estimate of drug-likeness (QED) is 0.802.